The molecule has 0 fully saturated rings. The van der Waals surface area contributed by atoms with Crippen LogP contribution in [0, 0.1) is 18.6 Å². The summed E-state index contributed by atoms with van der Waals surface area (Å²) in [6, 6.07) is 14.8. The van der Waals surface area contributed by atoms with Gasteiger partial charge in [-0.25, -0.2) is 17.2 Å². The molecule has 3 aromatic carbocycles. The molecular formula is C27H26F2N2O3S. The maximum Gasteiger partial charge on any atom is 0.211 e. The zero-order valence-electron chi connectivity index (χ0n) is 19.8. The van der Waals surface area contributed by atoms with Crippen LogP contribution in [-0.4, -0.2) is 26.1 Å². The Bertz CT molecular complexity index is 1560. The van der Waals surface area contributed by atoms with Crippen LogP contribution in [0.25, 0.3) is 10.9 Å². The van der Waals surface area contributed by atoms with Crippen LogP contribution in [0.2, 0.25) is 0 Å². The lowest BCUT2D eigenvalue weighted by molar-refractivity contribution is 0.593. The van der Waals surface area contributed by atoms with Crippen LogP contribution in [0.5, 0.6) is 0 Å². The molecule has 0 spiro atoms. The molecule has 0 atom stereocenters. The molecule has 0 amide bonds. The van der Waals surface area contributed by atoms with E-state index >= 15 is 4.39 Å². The van der Waals surface area contributed by atoms with Crippen LogP contribution >= 0.6 is 0 Å². The quantitative estimate of drug-likeness (QED) is 0.348. The van der Waals surface area contributed by atoms with E-state index in [0.29, 0.717) is 29.9 Å². The van der Waals surface area contributed by atoms with E-state index in [2.05, 4.69) is 0 Å². The molecule has 0 aliphatic carbocycles. The number of hydrogen-bond donors (Lipinski definition) is 0. The third-order valence-electron chi connectivity index (χ3n) is 6.08. The molecule has 1 heterocycles. The van der Waals surface area contributed by atoms with Crippen molar-refractivity contribution in [3.05, 3.63) is 99.8 Å². The first-order chi connectivity index (χ1) is 16.6. The van der Waals surface area contributed by atoms with Crippen LogP contribution in [-0.2, 0) is 16.4 Å². The predicted molar refractivity (Wildman–Crippen MR) is 134 cm³/mol. The second-order valence-electron chi connectivity index (χ2n) is 8.39. The van der Waals surface area contributed by atoms with Crippen molar-refractivity contribution < 1.29 is 17.2 Å². The molecule has 35 heavy (non-hydrogen) atoms. The first-order valence-electron chi connectivity index (χ1n) is 11.3. The van der Waals surface area contributed by atoms with Crippen molar-refractivity contribution in [1.29, 1.82) is 0 Å². The van der Waals surface area contributed by atoms with Crippen molar-refractivity contribution in [2.24, 2.45) is 0 Å². The SMILES string of the molecule is CCN(CC)c1cc2c(cc1F)c(=O)c(S(=O)(=O)c1cccc(C)c1)cn2Cc1ccc(F)cc1. The van der Waals surface area contributed by atoms with Gasteiger partial charge in [0.25, 0.3) is 0 Å². The molecule has 8 heteroatoms. The number of sulfone groups is 1. The number of hydrogen-bond acceptors (Lipinski definition) is 4. The summed E-state index contributed by atoms with van der Waals surface area (Å²) in [6.07, 6.45) is 1.30. The zero-order valence-corrected chi connectivity index (χ0v) is 20.6. The number of anilines is 1. The van der Waals surface area contributed by atoms with Crippen LogP contribution in [0.15, 0.2) is 81.4 Å². The number of halogens is 2. The number of fused-ring (bicyclic) bond motifs is 1. The van der Waals surface area contributed by atoms with E-state index in [1.54, 1.807) is 41.8 Å². The smallest absolute Gasteiger partial charge is 0.211 e. The Kier molecular flexibility index (Phi) is 6.76. The second kappa shape index (κ2) is 9.62. The van der Waals surface area contributed by atoms with Crippen molar-refractivity contribution in [3.63, 3.8) is 0 Å². The standard InChI is InChI=1S/C27H26F2N2O3S/c1-4-30(5-2)25-15-24-22(14-23(25)29)27(32)26(35(33,34)21-8-6-7-18(3)13-21)17-31(24)16-19-9-11-20(28)12-10-19/h6-15,17H,4-5,16H2,1-3H3. The molecule has 0 aliphatic rings. The summed E-state index contributed by atoms with van der Waals surface area (Å²) >= 11 is 0. The molecule has 4 aromatic rings. The van der Waals surface area contributed by atoms with Gasteiger partial charge >= 0.3 is 0 Å². The maximum atomic E-state index is 15.1. The summed E-state index contributed by atoms with van der Waals surface area (Å²) in [5.41, 5.74) is 1.38. The molecule has 5 nitrogen and oxygen atoms in total. The average Bonchev–Trinajstić information content (AvgIpc) is 2.83. The molecule has 182 valence electrons. The molecule has 1 aromatic heterocycles. The highest BCUT2D eigenvalue weighted by Crippen LogP contribution is 2.28. The molecule has 0 N–H and O–H groups in total. The van der Waals surface area contributed by atoms with Crippen LogP contribution < -0.4 is 10.3 Å². The molecule has 0 saturated heterocycles. The molecule has 4 rings (SSSR count). The van der Waals surface area contributed by atoms with E-state index in [1.165, 1.54) is 30.5 Å². The second-order valence-corrected chi connectivity index (χ2v) is 10.3. The summed E-state index contributed by atoms with van der Waals surface area (Å²) in [4.78, 5) is 14.8. The Morgan fingerprint density at radius 3 is 2.26 bits per heavy atom. The third-order valence-corrected chi connectivity index (χ3v) is 7.82. The van der Waals surface area contributed by atoms with E-state index < -0.39 is 31.8 Å². The fraction of sp³-hybridized carbons (Fsp3) is 0.222. The lowest BCUT2D eigenvalue weighted by atomic mass is 10.1. The minimum Gasteiger partial charge on any atom is -0.370 e. The van der Waals surface area contributed by atoms with Gasteiger partial charge in [0, 0.05) is 25.8 Å². The van der Waals surface area contributed by atoms with Gasteiger partial charge in [0.15, 0.2) is 0 Å². The summed E-state index contributed by atoms with van der Waals surface area (Å²) in [5.74, 6) is -0.996. The van der Waals surface area contributed by atoms with Gasteiger partial charge in [-0.2, -0.15) is 0 Å². The molecule has 0 aliphatic heterocycles. The van der Waals surface area contributed by atoms with Crippen molar-refractivity contribution in [1.82, 2.24) is 4.57 Å². The van der Waals surface area contributed by atoms with Crippen LogP contribution in [0.1, 0.15) is 25.0 Å². The Balaban J connectivity index is 2.02. The normalized spacial score (nSPS) is 11.7. The number of aromatic nitrogens is 1. The van der Waals surface area contributed by atoms with Crippen molar-refractivity contribution in [2.75, 3.05) is 18.0 Å². The molecule has 0 saturated carbocycles. The minimum absolute atomic E-state index is 0.0116. The van der Waals surface area contributed by atoms with Crippen molar-refractivity contribution in [2.45, 2.75) is 37.1 Å². The van der Waals surface area contributed by atoms with Gasteiger partial charge in [-0.05, 0) is 68.3 Å². The van der Waals surface area contributed by atoms with E-state index in [-0.39, 0.29) is 16.8 Å². The summed E-state index contributed by atoms with van der Waals surface area (Å²) < 4.78 is 57.2. The van der Waals surface area contributed by atoms with Crippen LogP contribution in [0.3, 0.4) is 0 Å². The lowest BCUT2D eigenvalue weighted by Crippen LogP contribution is -2.24. The topological polar surface area (TPSA) is 59.4 Å². The van der Waals surface area contributed by atoms with E-state index in [1.807, 2.05) is 18.7 Å². The van der Waals surface area contributed by atoms with Gasteiger partial charge < -0.3 is 9.47 Å². The predicted octanol–water partition coefficient (Wildman–Crippen LogP) is 5.32. The van der Waals surface area contributed by atoms with Gasteiger partial charge in [-0.3, -0.25) is 4.79 Å². The molecule has 0 unspecified atom stereocenters. The van der Waals surface area contributed by atoms with Gasteiger partial charge in [-0.15, -0.1) is 0 Å². The first kappa shape index (κ1) is 24.6. The average molecular weight is 497 g/mol. The van der Waals surface area contributed by atoms with E-state index in [0.717, 1.165) is 11.6 Å². The molecule has 0 radical (unpaired) electrons. The van der Waals surface area contributed by atoms with Crippen molar-refractivity contribution >= 4 is 26.4 Å². The molecular weight excluding hydrogens is 470 g/mol. The van der Waals surface area contributed by atoms with Gasteiger partial charge in [0.1, 0.15) is 16.5 Å². The van der Waals surface area contributed by atoms with Crippen LogP contribution in [0.4, 0.5) is 14.5 Å². The Morgan fingerprint density at radius 1 is 0.943 bits per heavy atom. The van der Waals surface area contributed by atoms with Gasteiger partial charge in [-0.1, -0.05) is 24.3 Å². The fourth-order valence-electron chi connectivity index (χ4n) is 4.20. The number of rotatable bonds is 7. The number of nitrogens with zero attached hydrogens (tertiary/aromatic N) is 2. The lowest BCUT2D eigenvalue weighted by Gasteiger charge is -2.23. The zero-order chi connectivity index (χ0) is 25.3. The number of pyridine rings is 1. The minimum atomic E-state index is -4.18. The molecule has 0 bridgehead atoms. The van der Waals surface area contributed by atoms with Gasteiger partial charge in [0.05, 0.1) is 21.5 Å². The Labute approximate surface area is 203 Å². The summed E-state index contributed by atoms with van der Waals surface area (Å²) in [7, 11) is -4.18. The third kappa shape index (κ3) is 4.71. The van der Waals surface area contributed by atoms with Gasteiger partial charge in [0.2, 0.25) is 15.3 Å². The maximum absolute atomic E-state index is 15.1. The summed E-state index contributed by atoms with van der Waals surface area (Å²) in [5, 5.41) is -0.0331. The highest BCUT2D eigenvalue weighted by molar-refractivity contribution is 7.91. The first-order valence-corrected chi connectivity index (χ1v) is 12.8. The Morgan fingerprint density at radius 2 is 1.63 bits per heavy atom. The fourth-order valence-corrected chi connectivity index (χ4v) is 5.67. The highest BCUT2D eigenvalue weighted by atomic mass is 32.2. The number of benzene rings is 3. The number of aryl methyl sites for hydroxylation is 1. The van der Waals surface area contributed by atoms with E-state index in [4.69, 9.17) is 0 Å². The summed E-state index contributed by atoms with van der Waals surface area (Å²) in [6.45, 7) is 6.83. The Hall–Kier alpha value is -3.52. The monoisotopic (exact) mass is 496 g/mol. The highest BCUT2D eigenvalue weighted by Gasteiger charge is 2.25. The largest absolute Gasteiger partial charge is 0.370 e. The van der Waals surface area contributed by atoms with E-state index in [9.17, 15) is 17.6 Å². The van der Waals surface area contributed by atoms with Crippen molar-refractivity contribution in [3.8, 4) is 0 Å².